The van der Waals surface area contributed by atoms with Crippen molar-refractivity contribution in [1.82, 2.24) is 0 Å². The highest BCUT2D eigenvalue weighted by molar-refractivity contribution is 7.86. The van der Waals surface area contributed by atoms with Gasteiger partial charge in [0, 0.05) is 0 Å². The fourth-order valence-corrected chi connectivity index (χ4v) is 13.4. The zero-order valence-corrected chi connectivity index (χ0v) is 18.0. The Hall–Kier alpha value is -0.936. The van der Waals surface area contributed by atoms with Crippen molar-refractivity contribution in [3.8, 4) is 0 Å². The molecule has 0 atom stereocenters. The minimum absolute atomic E-state index is 1.29. The molecule has 0 bridgehead atoms. The van der Waals surface area contributed by atoms with Crippen LogP contribution in [-0.2, 0) is 0 Å². The van der Waals surface area contributed by atoms with Gasteiger partial charge in [-0.25, -0.2) is 0 Å². The first-order valence-electron chi connectivity index (χ1n) is 8.12. The summed E-state index contributed by atoms with van der Waals surface area (Å²) in [7, 11) is -5.38. The van der Waals surface area contributed by atoms with E-state index in [1.165, 1.54) is 10.6 Å². The summed E-state index contributed by atoms with van der Waals surface area (Å²) >= 11 is 0. The van der Waals surface area contributed by atoms with Gasteiger partial charge in [0.1, 0.15) is 0 Å². The van der Waals surface area contributed by atoms with E-state index in [-0.39, 0.29) is 0 Å². The van der Waals surface area contributed by atoms with Crippen LogP contribution in [0, 0.1) is 0 Å². The monoisotopic (exact) mass is 359 g/mol. The largest absolute Gasteiger partial charge is 0.617 e. The minimum Gasteiger partial charge on any atom is -0.617 e. The summed E-state index contributed by atoms with van der Waals surface area (Å²) in [6.45, 7) is 13.9. The van der Waals surface area contributed by atoms with Crippen LogP contribution in [0.25, 0.3) is 4.75 Å². The van der Waals surface area contributed by atoms with Crippen LogP contribution >= 0.6 is 7.21 Å². The molecule has 5 heteroatoms. The molecule has 0 radical (unpaired) electrons. The quantitative estimate of drug-likeness (QED) is 0.477. The van der Waals surface area contributed by atoms with Crippen LogP contribution in [-0.4, -0.2) is 16.5 Å². The molecule has 2 nitrogen and oxygen atoms in total. The SMILES string of the molecule is C[Si](C)(C)N=P([N-][Si](C)(C)C)(c1ccccc1)c1ccccc1. The molecule has 124 valence electrons. The molecule has 0 aliphatic rings. The summed E-state index contributed by atoms with van der Waals surface area (Å²) in [4.78, 5) is 0. The third-order valence-electron chi connectivity index (χ3n) is 3.12. The van der Waals surface area contributed by atoms with Crippen molar-refractivity contribution < 1.29 is 0 Å². The second-order valence-corrected chi connectivity index (χ2v) is 20.3. The van der Waals surface area contributed by atoms with E-state index in [2.05, 4.69) is 99.9 Å². The molecule has 0 saturated heterocycles. The molecule has 0 aromatic heterocycles. The molecule has 23 heavy (non-hydrogen) atoms. The lowest BCUT2D eigenvalue weighted by atomic mass is 10.4. The minimum atomic E-state index is -2.07. The second kappa shape index (κ2) is 6.90. The third kappa shape index (κ3) is 5.02. The average molecular weight is 360 g/mol. The molecule has 0 aliphatic carbocycles. The predicted molar refractivity (Wildman–Crippen MR) is 112 cm³/mol. The van der Waals surface area contributed by atoms with Gasteiger partial charge in [0.2, 0.25) is 0 Å². The van der Waals surface area contributed by atoms with Crippen molar-refractivity contribution in [2.45, 2.75) is 39.3 Å². The maximum Gasteiger partial charge on any atom is 0.168 e. The Bertz CT molecular complexity index is 643. The van der Waals surface area contributed by atoms with Gasteiger partial charge in [-0.05, 0) is 10.6 Å². The summed E-state index contributed by atoms with van der Waals surface area (Å²) in [5, 5.41) is 2.58. The highest BCUT2D eigenvalue weighted by Crippen LogP contribution is 2.57. The van der Waals surface area contributed by atoms with Crippen molar-refractivity contribution in [3.05, 3.63) is 65.4 Å². The molecule has 0 spiro atoms. The highest BCUT2D eigenvalue weighted by atomic mass is 31.2. The van der Waals surface area contributed by atoms with E-state index in [0.29, 0.717) is 0 Å². The lowest BCUT2D eigenvalue weighted by Gasteiger charge is -2.49. The van der Waals surface area contributed by atoms with Gasteiger partial charge in [0.05, 0.1) is 0 Å². The van der Waals surface area contributed by atoms with Crippen molar-refractivity contribution >= 4 is 34.3 Å². The lowest BCUT2D eigenvalue weighted by molar-refractivity contribution is 1.58. The summed E-state index contributed by atoms with van der Waals surface area (Å²) < 4.78 is 11.0. The zero-order chi connectivity index (χ0) is 17.1. The lowest BCUT2D eigenvalue weighted by Crippen LogP contribution is -2.28. The van der Waals surface area contributed by atoms with Gasteiger partial charge in [-0.15, -0.1) is 0 Å². The molecule has 0 aliphatic heterocycles. The summed E-state index contributed by atoms with van der Waals surface area (Å²) in [6.07, 6.45) is 0. The maximum absolute atomic E-state index is 5.48. The van der Waals surface area contributed by atoms with E-state index in [4.69, 9.17) is 9.16 Å². The third-order valence-corrected chi connectivity index (χ3v) is 12.3. The van der Waals surface area contributed by atoms with Crippen LogP contribution in [0.4, 0.5) is 0 Å². The first-order valence-corrected chi connectivity index (χ1v) is 16.7. The smallest absolute Gasteiger partial charge is 0.168 e. The number of hydrogen-bond donors (Lipinski definition) is 0. The molecular weight excluding hydrogens is 331 g/mol. The number of rotatable bonds is 5. The standard InChI is InChI=1S/C18H28N2PSi2/c1-22(2,3)19-21(20-23(4,5)6,17-13-9-7-10-14-17)18-15-11-8-12-16-18/h7-16H,1-6H3/q-1. The normalized spacial score (nSPS) is 13.0. The number of nitrogens with zero attached hydrogens (tertiary/aromatic N) is 2. The molecule has 2 rings (SSSR count). The Balaban J connectivity index is 2.82. The van der Waals surface area contributed by atoms with E-state index >= 15 is 0 Å². The molecule has 0 N–H and O–H groups in total. The molecule has 2 aromatic carbocycles. The van der Waals surface area contributed by atoms with Crippen LogP contribution in [0.15, 0.2) is 65.1 Å². The van der Waals surface area contributed by atoms with E-state index < -0.39 is 23.7 Å². The van der Waals surface area contributed by atoms with Crippen LogP contribution in [0.3, 0.4) is 0 Å². The van der Waals surface area contributed by atoms with Crippen LogP contribution in [0.1, 0.15) is 0 Å². The fraction of sp³-hybridized carbons (Fsp3) is 0.333. The van der Waals surface area contributed by atoms with E-state index in [0.717, 1.165) is 0 Å². The second-order valence-electron chi connectivity index (χ2n) is 7.81. The van der Waals surface area contributed by atoms with Gasteiger partial charge in [-0.3, -0.25) is 0 Å². The Morgan fingerprint density at radius 1 is 0.696 bits per heavy atom. The Kier molecular flexibility index (Phi) is 5.52. The van der Waals surface area contributed by atoms with Gasteiger partial charge < -0.3 is 9.16 Å². The van der Waals surface area contributed by atoms with Crippen molar-refractivity contribution in [2.24, 2.45) is 4.41 Å². The van der Waals surface area contributed by atoms with Gasteiger partial charge in [0.15, 0.2) is 8.24 Å². The summed E-state index contributed by atoms with van der Waals surface area (Å²) in [6, 6.07) is 21.5. The van der Waals surface area contributed by atoms with E-state index in [9.17, 15) is 0 Å². The number of benzene rings is 2. The highest BCUT2D eigenvalue weighted by Gasteiger charge is 2.23. The topological polar surface area (TPSA) is 26.5 Å². The van der Waals surface area contributed by atoms with Crippen LogP contribution < -0.4 is 10.6 Å². The molecule has 0 saturated carbocycles. The van der Waals surface area contributed by atoms with Crippen LogP contribution in [0.5, 0.6) is 0 Å². The van der Waals surface area contributed by atoms with Crippen LogP contribution in [0.2, 0.25) is 39.3 Å². The molecule has 2 aromatic rings. The molecule has 0 fully saturated rings. The van der Waals surface area contributed by atoms with Gasteiger partial charge >= 0.3 is 0 Å². The van der Waals surface area contributed by atoms with Crippen molar-refractivity contribution in [2.75, 3.05) is 0 Å². The molecule has 0 amide bonds. The van der Waals surface area contributed by atoms with E-state index in [1.54, 1.807) is 0 Å². The molecule has 0 unspecified atom stereocenters. The van der Waals surface area contributed by atoms with Gasteiger partial charge in [-0.2, -0.15) is 0 Å². The number of hydrogen-bond acceptors (Lipinski definition) is 1. The Morgan fingerprint density at radius 3 is 1.39 bits per heavy atom. The summed E-state index contributed by atoms with van der Waals surface area (Å²) in [5.74, 6) is 0. The first kappa shape index (κ1) is 18.4. The molecular formula is C18H28N2PSi2-. The first-order chi connectivity index (χ1) is 10.6. The fourth-order valence-electron chi connectivity index (χ4n) is 2.54. The maximum atomic E-state index is 5.48. The Morgan fingerprint density at radius 2 is 1.09 bits per heavy atom. The van der Waals surface area contributed by atoms with E-state index in [1.807, 2.05) is 0 Å². The van der Waals surface area contributed by atoms with Crippen molar-refractivity contribution in [3.63, 3.8) is 0 Å². The van der Waals surface area contributed by atoms with Gasteiger partial charge in [0.25, 0.3) is 0 Å². The zero-order valence-electron chi connectivity index (χ0n) is 15.1. The molecule has 0 heterocycles. The summed E-state index contributed by atoms with van der Waals surface area (Å²) in [5.41, 5.74) is 0. The predicted octanol–water partition coefficient (Wildman–Crippen LogP) is 5.80. The van der Waals surface area contributed by atoms with Crippen molar-refractivity contribution in [1.29, 1.82) is 0 Å². The average Bonchev–Trinajstić information content (AvgIpc) is 2.45. The Labute approximate surface area is 143 Å². The van der Waals surface area contributed by atoms with Gasteiger partial charge in [-0.1, -0.05) is 115 Å².